The van der Waals surface area contributed by atoms with Gasteiger partial charge in [-0.15, -0.1) is 0 Å². The predicted octanol–water partition coefficient (Wildman–Crippen LogP) is -0.343. The summed E-state index contributed by atoms with van der Waals surface area (Å²) in [6.07, 6.45) is 0. The van der Waals surface area contributed by atoms with E-state index >= 15 is 0 Å². The minimum atomic E-state index is -2.71. The molecule has 0 aliphatic carbocycles. The monoisotopic (exact) mass is 182 g/mol. The molecule has 0 spiro atoms. The maximum atomic E-state index is 11.0. The van der Waals surface area contributed by atoms with Crippen LogP contribution in [0.3, 0.4) is 0 Å². The molecule has 1 heterocycles. The Morgan fingerprint density at radius 3 is 2.62 bits per heavy atom. The maximum Gasteiger partial charge on any atom is 0.358 e. The summed E-state index contributed by atoms with van der Waals surface area (Å²) in [5.41, 5.74) is -0.343. The zero-order chi connectivity index (χ0) is 9.64. The number of benzene rings is 1. The van der Waals surface area contributed by atoms with Crippen molar-refractivity contribution in [3.05, 3.63) is 29.3 Å². The molecule has 0 aromatic heterocycles. The van der Waals surface area contributed by atoms with Crippen molar-refractivity contribution in [2.75, 3.05) is 0 Å². The average Bonchev–Trinajstić information content (AvgIpc) is 2.24. The Balaban J connectivity index is 2.73. The lowest BCUT2D eigenvalue weighted by Gasteiger charge is -2.13. The Morgan fingerprint density at radius 1 is 1.31 bits per heavy atom. The maximum absolute atomic E-state index is 11.0. The Bertz CT molecular complexity index is 382. The van der Waals surface area contributed by atoms with Crippen LogP contribution >= 0.6 is 0 Å². The third kappa shape index (κ3) is 0.980. The number of carbonyl (C=O) groups excluding carboxylic acids is 1. The van der Waals surface area contributed by atoms with Crippen LogP contribution in [0, 0.1) is 0 Å². The van der Waals surface area contributed by atoms with Crippen LogP contribution in [0.15, 0.2) is 18.2 Å². The average molecular weight is 182 g/mol. The van der Waals surface area contributed by atoms with Gasteiger partial charge >= 0.3 is 11.9 Å². The molecule has 0 atom stereocenters. The summed E-state index contributed by atoms with van der Waals surface area (Å²) in [5.74, 6) is -3.96. The lowest BCUT2D eigenvalue weighted by molar-refractivity contribution is -0.312. The molecular formula is C8H6O5. The highest BCUT2D eigenvalue weighted by Crippen LogP contribution is 2.37. The Kier molecular flexibility index (Phi) is 1.37. The van der Waals surface area contributed by atoms with E-state index in [2.05, 4.69) is 4.74 Å². The molecule has 2 rings (SSSR count). The van der Waals surface area contributed by atoms with E-state index in [9.17, 15) is 9.90 Å². The van der Waals surface area contributed by atoms with E-state index < -0.39 is 11.9 Å². The van der Waals surface area contributed by atoms with Gasteiger partial charge in [-0.2, -0.15) is 0 Å². The number of phenols is 1. The fourth-order valence-corrected chi connectivity index (χ4v) is 1.29. The molecule has 5 nitrogen and oxygen atoms in total. The summed E-state index contributed by atoms with van der Waals surface area (Å²) < 4.78 is 4.21. The van der Waals surface area contributed by atoms with Crippen molar-refractivity contribution in [1.29, 1.82) is 0 Å². The van der Waals surface area contributed by atoms with Crippen LogP contribution in [0.25, 0.3) is 0 Å². The van der Waals surface area contributed by atoms with Gasteiger partial charge in [-0.05, 0) is 12.1 Å². The van der Waals surface area contributed by atoms with Gasteiger partial charge in [0.2, 0.25) is 0 Å². The van der Waals surface area contributed by atoms with Gasteiger partial charge in [0.15, 0.2) is 0 Å². The summed E-state index contributed by atoms with van der Waals surface area (Å²) in [6, 6.07) is 3.99. The van der Waals surface area contributed by atoms with Gasteiger partial charge < -0.3 is 20.1 Å². The summed E-state index contributed by atoms with van der Waals surface area (Å²) >= 11 is 0. The molecule has 1 aromatic carbocycles. The van der Waals surface area contributed by atoms with Crippen LogP contribution in [-0.2, 0) is 10.7 Å². The zero-order valence-electron chi connectivity index (χ0n) is 6.39. The smallest absolute Gasteiger partial charge is 0.358 e. The van der Waals surface area contributed by atoms with Crippen LogP contribution in [0.5, 0.6) is 5.75 Å². The topological polar surface area (TPSA) is 87.0 Å². The highest BCUT2D eigenvalue weighted by molar-refractivity contribution is 5.95. The Labute approximate surface area is 72.8 Å². The van der Waals surface area contributed by atoms with E-state index in [1.54, 1.807) is 0 Å². The summed E-state index contributed by atoms with van der Waals surface area (Å²) in [6.45, 7) is 0. The number of rotatable bonds is 0. The number of fused-ring (bicyclic) bond motifs is 1. The van der Waals surface area contributed by atoms with Crippen LogP contribution in [-0.4, -0.2) is 21.3 Å². The van der Waals surface area contributed by atoms with Gasteiger partial charge in [-0.1, -0.05) is 6.07 Å². The largest absolute Gasteiger partial charge is 0.507 e. The molecule has 0 saturated heterocycles. The SMILES string of the molecule is O=C1OC(O)(O)c2c(O)cccc21. The van der Waals surface area contributed by atoms with Gasteiger partial charge in [0, 0.05) is 0 Å². The van der Waals surface area contributed by atoms with Gasteiger partial charge in [0.25, 0.3) is 0 Å². The first-order chi connectivity index (χ1) is 6.02. The number of carbonyl (C=O) groups is 1. The van der Waals surface area contributed by atoms with Crippen molar-refractivity contribution in [2.45, 2.75) is 5.97 Å². The quantitative estimate of drug-likeness (QED) is 0.377. The van der Waals surface area contributed by atoms with E-state index in [1.807, 2.05) is 0 Å². The number of hydrogen-bond acceptors (Lipinski definition) is 5. The van der Waals surface area contributed by atoms with Crippen molar-refractivity contribution in [3.8, 4) is 5.75 Å². The summed E-state index contributed by atoms with van der Waals surface area (Å²) in [5, 5.41) is 27.5. The molecule has 0 fully saturated rings. The second-order valence-corrected chi connectivity index (χ2v) is 2.70. The summed E-state index contributed by atoms with van der Waals surface area (Å²) in [4.78, 5) is 11.0. The molecule has 0 radical (unpaired) electrons. The molecule has 1 aliphatic rings. The van der Waals surface area contributed by atoms with E-state index in [0.29, 0.717) is 0 Å². The van der Waals surface area contributed by atoms with E-state index in [4.69, 9.17) is 10.2 Å². The van der Waals surface area contributed by atoms with E-state index in [-0.39, 0.29) is 16.9 Å². The van der Waals surface area contributed by atoms with Crippen molar-refractivity contribution < 1.29 is 24.9 Å². The molecule has 0 bridgehead atoms. The second-order valence-electron chi connectivity index (χ2n) is 2.70. The number of aromatic hydroxyl groups is 1. The first-order valence-corrected chi connectivity index (χ1v) is 3.53. The molecular weight excluding hydrogens is 176 g/mol. The molecule has 13 heavy (non-hydrogen) atoms. The highest BCUT2D eigenvalue weighted by atomic mass is 16.8. The normalized spacial score (nSPS) is 18.2. The van der Waals surface area contributed by atoms with Crippen LogP contribution in [0.4, 0.5) is 0 Å². The molecule has 0 amide bonds. The third-order valence-electron chi connectivity index (χ3n) is 1.82. The molecule has 3 N–H and O–H groups in total. The number of ether oxygens (including phenoxy) is 1. The van der Waals surface area contributed by atoms with Gasteiger partial charge in [0.1, 0.15) is 11.3 Å². The number of aliphatic hydroxyl groups is 2. The first-order valence-electron chi connectivity index (χ1n) is 3.53. The third-order valence-corrected chi connectivity index (χ3v) is 1.82. The number of hydrogen-bond donors (Lipinski definition) is 3. The second kappa shape index (κ2) is 2.21. The van der Waals surface area contributed by atoms with Gasteiger partial charge in [0.05, 0.1) is 5.56 Å². The molecule has 1 aromatic rings. The van der Waals surface area contributed by atoms with Crippen molar-refractivity contribution >= 4 is 5.97 Å². The molecule has 68 valence electrons. The fraction of sp³-hybridized carbons (Fsp3) is 0.125. The fourth-order valence-electron chi connectivity index (χ4n) is 1.29. The zero-order valence-corrected chi connectivity index (χ0v) is 6.39. The van der Waals surface area contributed by atoms with Crippen LogP contribution in [0.1, 0.15) is 15.9 Å². The number of esters is 1. The molecule has 0 unspecified atom stereocenters. The number of cyclic esters (lactones) is 1. The lowest BCUT2D eigenvalue weighted by Crippen LogP contribution is -2.24. The molecule has 1 aliphatic heterocycles. The van der Waals surface area contributed by atoms with E-state index in [0.717, 1.165) is 0 Å². The Morgan fingerprint density at radius 2 is 2.00 bits per heavy atom. The van der Waals surface area contributed by atoms with Gasteiger partial charge in [-0.25, -0.2) is 4.79 Å². The van der Waals surface area contributed by atoms with Crippen molar-refractivity contribution in [2.24, 2.45) is 0 Å². The van der Waals surface area contributed by atoms with Crippen molar-refractivity contribution in [3.63, 3.8) is 0 Å². The van der Waals surface area contributed by atoms with Crippen molar-refractivity contribution in [1.82, 2.24) is 0 Å². The minimum absolute atomic E-state index is 0.0370. The lowest BCUT2D eigenvalue weighted by atomic mass is 10.1. The molecule has 0 saturated carbocycles. The van der Waals surface area contributed by atoms with Crippen LogP contribution < -0.4 is 0 Å². The number of phenolic OH excluding ortho intramolecular Hbond substituents is 1. The standard InChI is InChI=1S/C8H6O5/c9-5-3-1-2-4-6(5)8(11,12)13-7(4)10/h1-3,9,11-12H. The van der Waals surface area contributed by atoms with Gasteiger partial charge in [-0.3, -0.25) is 0 Å². The summed E-state index contributed by atoms with van der Waals surface area (Å²) in [7, 11) is 0. The van der Waals surface area contributed by atoms with E-state index in [1.165, 1.54) is 18.2 Å². The van der Waals surface area contributed by atoms with Crippen LogP contribution in [0.2, 0.25) is 0 Å². The minimum Gasteiger partial charge on any atom is -0.507 e. The Hall–Kier alpha value is -1.59. The predicted molar refractivity (Wildman–Crippen MR) is 39.6 cm³/mol. The first kappa shape index (κ1) is 8.03. The highest BCUT2D eigenvalue weighted by Gasteiger charge is 2.45. The molecule has 5 heteroatoms.